The van der Waals surface area contributed by atoms with Gasteiger partial charge in [0.05, 0.1) is 0 Å². The number of ether oxygens (including phenoxy) is 1. The second-order valence-corrected chi connectivity index (χ2v) is 3.62. The van der Waals surface area contributed by atoms with Crippen LogP contribution in [0, 0.1) is 0 Å². The minimum absolute atomic E-state index is 1.41. The number of carbonyl (C=O) groups excluding carboxylic acids is 1. The first-order valence-corrected chi connectivity index (χ1v) is 4.51. The van der Waals surface area contributed by atoms with Crippen LogP contribution in [-0.4, -0.2) is 42.2 Å². The standard InChI is InChI=1S/C7F14O2/c8-2(4(10,11)12,5(13,14)15)1(22)3(9,6(16,17)18)23-7(19,20)21. The minimum Gasteiger partial charge on any atom is -0.288 e. The molecule has 0 spiro atoms. The summed E-state index contributed by atoms with van der Waals surface area (Å²) in [7, 11) is 0. The quantitative estimate of drug-likeness (QED) is 0.686. The molecule has 0 aliphatic carbocycles. The van der Waals surface area contributed by atoms with Crippen molar-refractivity contribution in [2.45, 2.75) is 36.4 Å². The molecule has 0 heterocycles. The Kier molecular flexibility index (Phi) is 5.02. The van der Waals surface area contributed by atoms with Gasteiger partial charge < -0.3 is 0 Å². The van der Waals surface area contributed by atoms with E-state index in [1.54, 1.807) is 0 Å². The van der Waals surface area contributed by atoms with Crippen LogP contribution in [0.3, 0.4) is 0 Å². The number of ketones is 1. The second kappa shape index (κ2) is 5.34. The Morgan fingerprint density at radius 3 is 1.04 bits per heavy atom. The van der Waals surface area contributed by atoms with Crippen molar-refractivity contribution in [3.63, 3.8) is 0 Å². The number of hydrogen-bond acceptors (Lipinski definition) is 2. The van der Waals surface area contributed by atoms with Crippen molar-refractivity contribution in [1.82, 2.24) is 0 Å². The van der Waals surface area contributed by atoms with Gasteiger partial charge in [-0.1, -0.05) is 0 Å². The molecule has 0 aromatic carbocycles. The molecule has 0 N–H and O–H groups in total. The van der Waals surface area contributed by atoms with Crippen molar-refractivity contribution in [2.24, 2.45) is 0 Å². The summed E-state index contributed by atoms with van der Waals surface area (Å²) in [4.78, 5) is 10.6. The number of halogens is 14. The lowest BCUT2D eigenvalue weighted by Crippen LogP contribution is -2.68. The topological polar surface area (TPSA) is 26.3 Å². The molecule has 138 valence electrons. The van der Waals surface area contributed by atoms with Gasteiger partial charge in [0.1, 0.15) is 0 Å². The van der Waals surface area contributed by atoms with E-state index >= 15 is 0 Å². The summed E-state index contributed by atoms with van der Waals surface area (Å²) in [6.45, 7) is 0. The van der Waals surface area contributed by atoms with E-state index in [2.05, 4.69) is 0 Å². The first kappa shape index (κ1) is 21.6. The van der Waals surface area contributed by atoms with Crippen molar-refractivity contribution in [2.75, 3.05) is 0 Å². The molecule has 0 saturated heterocycles. The maximum Gasteiger partial charge on any atom is 0.525 e. The van der Waals surface area contributed by atoms with Gasteiger partial charge in [-0.2, -0.15) is 43.9 Å². The van der Waals surface area contributed by atoms with Gasteiger partial charge in [-0.15, -0.1) is 13.2 Å². The van der Waals surface area contributed by atoms with E-state index in [4.69, 9.17) is 0 Å². The molecule has 0 aromatic rings. The zero-order valence-corrected chi connectivity index (χ0v) is 9.61. The molecule has 1 unspecified atom stereocenters. The Balaban J connectivity index is 6.46. The lowest BCUT2D eigenvalue weighted by molar-refractivity contribution is -0.439. The highest BCUT2D eigenvalue weighted by Crippen LogP contribution is 2.52. The lowest BCUT2D eigenvalue weighted by Gasteiger charge is -2.35. The predicted molar refractivity (Wildman–Crippen MR) is 38.0 cm³/mol. The van der Waals surface area contributed by atoms with Gasteiger partial charge in [-0.3, -0.25) is 4.79 Å². The van der Waals surface area contributed by atoms with Crippen molar-refractivity contribution in [3.8, 4) is 0 Å². The van der Waals surface area contributed by atoms with Gasteiger partial charge in [-0.25, -0.2) is 9.13 Å². The first-order valence-electron chi connectivity index (χ1n) is 4.51. The van der Waals surface area contributed by atoms with Crippen molar-refractivity contribution in [3.05, 3.63) is 0 Å². The normalized spacial score (nSPS) is 17.8. The van der Waals surface area contributed by atoms with E-state index in [0.717, 1.165) is 0 Å². The maximum atomic E-state index is 13.1. The summed E-state index contributed by atoms with van der Waals surface area (Å²) in [5, 5.41) is 0. The lowest BCUT2D eigenvalue weighted by atomic mass is 9.92. The highest BCUT2D eigenvalue weighted by atomic mass is 19.4. The van der Waals surface area contributed by atoms with Crippen LogP contribution in [0.2, 0.25) is 0 Å². The van der Waals surface area contributed by atoms with Crippen LogP contribution >= 0.6 is 0 Å². The average Bonchev–Trinajstić information content (AvgIpc) is 2.19. The number of hydrogen-bond donors (Lipinski definition) is 0. The zero-order valence-electron chi connectivity index (χ0n) is 9.61. The SMILES string of the molecule is O=C(C(F)(OC(F)(F)F)C(F)(F)F)C(F)(C(F)(F)F)C(F)(F)F. The smallest absolute Gasteiger partial charge is 0.288 e. The molecule has 23 heavy (non-hydrogen) atoms. The molecule has 0 bridgehead atoms. The highest BCUT2D eigenvalue weighted by molar-refractivity contribution is 5.96. The van der Waals surface area contributed by atoms with Gasteiger partial charge in [0.2, 0.25) is 0 Å². The summed E-state index contributed by atoms with van der Waals surface area (Å²) in [6.07, 6.45) is -29.4. The van der Waals surface area contributed by atoms with E-state index in [0.29, 0.717) is 0 Å². The molecule has 0 saturated carbocycles. The van der Waals surface area contributed by atoms with Crippen LogP contribution in [0.25, 0.3) is 0 Å². The van der Waals surface area contributed by atoms with E-state index < -0.39 is 42.2 Å². The fourth-order valence-electron chi connectivity index (χ4n) is 1.03. The first-order chi connectivity index (χ1) is 9.61. The monoisotopic (exact) mass is 382 g/mol. The molecule has 2 nitrogen and oxygen atoms in total. The van der Waals surface area contributed by atoms with Gasteiger partial charge in [0.15, 0.2) is 0 Å². The molecule has 1 atom stereocenters. The van der Waals surface area contributed by atoms with E-state index in [-0.39, 0.29) is 0 Å². The summed E-state index contributed by atoms with van der Waals surface area (Å²) in [5.41, 5.74) is -7.62. The molecule has 0 aliphatic heterocycles. The number of carbonyl (C=O) groups is 1. The molecule has 0 aliphatic rings. The van der Waals surface area contributed by atoms with Gasteiger partial charge in [0, 0.05) is 0 Å². The Morgan fingerprint density at radius 1 is 0.565 bits per heavy atom. The van der Waals surface area contributed by atoms with Gasteiger partial charge in [0.25, 0.3) is 5.78 Å². The maximum absolute atomic E-state index is 13.1. The third-order valence-electron chi connectivity index (χ3n) is 2.01. The Hall–Kier alpha value is -1.35. The Bertz CT molecular complexity index is 438. The molecular formula is C7F14O2. The summed E-state index contributed by atoms with van der Waals surface area (Å²) in [6, 6.07) is 0. The third-order valence-corrected chi connectivity index (χ3v) is 2.01. The summed E-state index contributed by atoms with van der Waals surface area (Å²) < 4.78 is 171. The Labute approximate surface area is 115 Å². The molecule has 16 heteroatoms. The van der Waals surface area contributed by atoms with Crippen LogP contribution in [0.1, 0.15) is 0 Å². The number of alkyl halides is 14. The number of Topliss-reactive ketones (excluding diaryl/α,β-unsaturated/α-hetero) is 1. The largest absolute Gasteiger partial charge is 0.525 e. The van der Waals surface area contributed by atoms with Crippen molar-refractivity contribution >= 4 is 5.78 Å². The van der Waals surface area contributed by atoms with Gasteiger partial charge >= 0.3 is 36.4 Å². The van der Waals surface area contributed by atoms with Crippen LogP contribution < -0.4 is 0 Å². The average molecular weight is 382 g/mol. The van der Waals surface area contributed by atoms with Crippen LogP contribution in [0.5, 0.6) is 0 Å². The van der Waals surface area contributed by atoms with E-state index in [9.17, 15) is 66.3 Å². The van der Waals surface area contributed by atoms with Crippen molar-refractivity contribution in [1.29, 1.82) is 0 Å². The Morgan fingerprint density at radius 2 is 0.870 bits per heavy atom. The summed E-state index contributed by atoms with van der Waals surface area (Å²) in [5.74, 6) is -12.5. The number of rotatable bonds is 3. The predicted octanol–water partition coefficient (Wildman–Crippen LogP) is 4.15. The molecule has 0 aromatic heterocycles. The van der Waals surface area contributed by atoms with Crippen LogP contribution in [0.15, 0.2) is 0 Å². The fraction of sp³-hybridized carbons (Fsp3) is 0.857. The second-order valence-electron chi connectivity index (χ2n) is 3.62. The van der Waals surface area contributed by atoms with E-state index in [1.165, 1.54) is 4.74 Å². The molecule has 0 amide bonds. The van der Waals surface area contributed by atoms with Crippen LogP contribution in [-0.2, 0) is 9.53 Å². The third kappa shape index (κ3) is 3.77. The summed E-state index contributed by atoms with van der Waals surface area (Å²) >= 11 is 0. The minimum atomic E-state index is -7.62. The fourth-order valence-corrected chi connectivity index (χ4v) is 1.03. The molecule has 0 radical (unpaired) electrons. The zero-order chi connectivity index (χ0) is 19.3. The van der Waals surface area contributed by atoms with Gasteiger partial charge in [-0.05, 0) is 0 Å². The molecule has 0 fully saturated rings. The molecule has 0 rings (SSSR count). The van der Waals surface area contributed by atoms with Crippen LogP contribution in [0.4, 0.5) is 61.5 Å². The molecular weight excluding hydrogens is 382 g/mol. The van der Waals surface area contributed by atoms with Crippen molar-refractivity contribution < 1.29 is 71.0 Å². The van der Waals surface area contributed by atoms with E-state index in [1.807, 2.05) is 0 Å². The highest BCUT2D eigenvalue weighted by Gasteiger charge is 2.85.